The predicted octanol–water partition coefficient (Wildman–Crippen LogP) is 0.700. The van der Waals surface area contributed by atoms with E-state index in [2.05, 4.69) is 20.6 Å². The fraction of sp³-hybridized carbons (Fsp3) is 0.304. The van der Waals surface area contributed by atoms with Gasteiger partial charge in [0.05, 0.1) is 24.0 Å². The number of rotatable bonds is 8. The number of aromatic amines is 1. The van der Waals surface area contributed by atoms with Crippen LogP contribution in [0.25, 0.3) is 10.9 Å². The van der Waals surface area contributed by atoms with Gasteiger partial charge in [0.2, 0.25) is 5.91 Å². The van der Waals surface area contributed by atoms with Crippen molar-refractivity contribution in [2.75, 3.05) is 25.0 Å². The van der Waals surface area contributed by atoms with Gasteiger partial charge in [-0.1, -0.05) is 24.3 Å². The van der Waals surface area contributed by atoms with E-state index in [1.54, 1.807) is 18.2 Å². The maximum atomic E-state index is 12.4. The Balaban J connectivity index is 1.54. The van der Waals surface area contributed by atoms with Crippen LogP contribution in [0.1, 0.15) is 23.9 Å². The first kappa shape index (κ1) is 22.2. The minimum Gasteiger partial charge on any atom is -0.342 e. The zero-order chi connectivity index (χ0) is 22.4. The molecular weight excluding hydrogens is 394 g/mol. The molecule has 162 valence electrons. The molecule has 0 aliphatic rings. The minimum atomic E-state index is -0.277. The average molecular weight is 423 g/mol. The highest BCUT2D eigenvalue weighted by Gasteiger charge is 2.16. The molecule has 0 saturated heterocycles. The SMILES string of the molecule is CC[NH+](CC(=O)NCC(=O)Nc1cccc(C)c1C)Cc1nc2ccccc2c(=O)[nH]1. The van der Waals surface area contributed by atoms with Gasteiger partial charge in [0, 0.05) is 5.69 Å². The monoisotopic (exact) mass is 422 g/mol. The van der Waals surface area contributed by atoms with Gasteiger partial charge in [0.25, 0.3) is 11.5 Å². The van der Waals surface area contributed by atoms with Crippen LogP contribution in [0.2, 0.25) is 0 Å². The molecule has 0 bridgehead atoms. The van der Waals surface area contributed by atoms with Gasteiger partial charge in [0.15, 0.2) is 12.4 Å². The van der Waals surface area contributed by atoms with Crippen molar-refractivity contribution >= 4 is 28.4 Å². The number of benzene rings is 2. The molecule has 1 heterocycles. The zero-order valence-corrected chi connectivity index (χ0v) is 18.0. The van der Waals surface area contributed by atoms with Gasteiger partial charge >= 0.3 is 0 Å². The summed E-state index contributed by atoms with van der Waals surface area (Å²) in [5, 5.41) is 6.03. The fourth-order valence-corrected chi connectivity index (χ4v) is 3.32. The maximum absolute atomic E-state index is 12.4. The van der Waals surface area contributed by atoms with Crippen LogP contribution in [-0.4, -0.2) is 41.4 Å². The van der Waals surface area contributed by atoms with E-state index in [4.69, 9.17) is 0 Å². The molecule has 1 aromatic heterocycles. The summed E-state index contributed by atoms with van der Waals surface area (Å²) in [7, 11) is 0. The number of carbonyl (C=O) groups is 2. The molecule has 4 N–H and O–H groups in total. The third-order valence-corrected chi connectivity index (χ3v) is 5.31. The Morgan fingerprint density at radius 3 is 2.61 bits per heavy atom. The summed E-state index contributed by atoms with van der Waals surface area (Å²) >= 11 is 0. The summed E-state index contributed by atoms with van der Waals surface area (Å²) in [6, 6.07) is 12.8. The number of hydrogen-bond donors (Lipinski definition) is 4. The number of H-pyrrole nitrogens is 1. The summed E-state index contributed by atoms with van der Waals surface area (Å²) in [6.45, 7) is 7.01. The van der Waals surface area contributed by atoms with Gasteiger partial charge in [-0.2, -0.15) is 0 Å². The Morgan fingerprint density at radius 2 is 1.84 bits per heavy atom. The molecular formula is C23H28N5O3+. The van der Waals surface area contributed by atoms with Crippen molar-refractivity contribution in [2.24, 2.45) is 0 Å². The van der Waals surface area contributed by atoms with Crippen LogP contribution in [0.15, 0.2) is 47.3 Å². The van der Waals surface area contributed by atoms with E-state index in [0.717, 1.165) is 21.7 Å². The maximum Gasteiger partial charge on any atom is 0.275 e. The third kappa shape index (κ3) is 5.76. The van der Waals surface area contributed by atoms with Gasteiger partial charge in [-0.15, -0.1) is 0 Å². The molecule has 1 atom stereocenters. The standard InChI is InChI=1S/C23H27N5O3/c1-4-28(13-20-25-19-10-6-5-9-17(19)23(31)27-20)14-22(30)24-12-21(29)26-18-11-7-8-15(2)16(18)3/h5-11H,4,12-14H2,1-3H3,(H,24,30)(H,26,29)(H,25,27,31)/p+1. The molecule has 0 radical (unpaired) electrons. The molecule has 0 saturated carbocycles. The lowest BCUT2D eigenvalue weighted by Gasteiger charge is -2.17. The number of para-hydroxylation sites is 1. The minimum absolute atomic E-state index is 0.103. The van der Waals surface area contributed by atoms with Crippen molar-refractivity contribution < 1.29 is 14.5 Å². The Kier molecular flexibility index (Phi) is 7.15. The second kappa shape index (κ2) is 9.99. The number of hydrogen-bond acceptors (Lipinski definition) is 4. The number of aryl methyl sites for hydroxylation is 1. The first-order chi connectivity index (χ1) is 14.9. The van der Waals surface area contributed by atoms with Crippen molar-refractivity contribution in [3.05, 3.63) is 69.8 Å². The molecule has 3 rings (SSSR count). The highest BCUT2D eigenvalue weighted by Crippen LogP contribution is 2.17. The summed E-state index contributed by atoms with van der Waals surface area (Å²) < 4.78 is 0. The number of aromatic nitrogens is 2. The number of nitrogens with zero attached hydrogens (tertiary/aromatic N) is 1. The number of likely N-dealkylation sites (N-methyl/N-ethyl adjacent to an activating group) is 1. The topological polar surface area (TPSA) is 108 Å². The van der Waals surface area contributed by atoms with Crippen molar-refractivity contribution in [1.29, 1.82) is 0 Å². The van der Waals surface area contributed by atoms with E-state index < -0.39 is 0 Å². The lowest BCUT2D eigenvalue weighted by Crippen LogP contribution is -3.11. The first-order valence-corrected chi connectivity index (χ1v) is 10.3. The van der Waals surface area contributed by atoms with E-state index >= 15 is 0 Å². The van der Waals surface area contributed by atoms with Gasteiger partial charge in [-0.3, -0.25) is 14.4 Å². The Labute approximate surface area is 180 Å². The second-order valence-electron chi connectivity index (χ2n) is 7.56. The summed E-state index contributed by atoms with van der Waals surface area (Å²) in [4.78, 5) is 45.0. The number of anilines is 1. The lowest BCUT2D eigenvalue weighted by atomic mass is 10.1. The van der Waals surface area contributed by atoms with Crippen LogP contribution in [0, 0.1) is 13.8 Å². The molecule has 8 nitrogen and oxygen atoms in total. The van der Waals surface area contributed by atoms with Crippen molar-refractivity contribution in [2.45, 2.75) is 27.3 Å². The third-order valence-electron chi connectivity index (χ3n) is 5.31. The molecule has 3 aromatic rings. The largest absolute Gasteiger partial charge is 0.342 e. The molecule has 1 unspecified atom stereocenters. The van der Waals surface area contributed by atoms with Gasteiger partial charge in [-0.05, 0) is 50.1 Å². The van der Waals surface area contributed by atoms with Crippen LogP contribution in [0.4, 0.5) is 5.69 Å². The number of fused-ring (bicyclic) bond motifs is 1. The van der Waals surface area contributed by atoms with E-state index in [-0.39, 0.29) is 30.5 Å². The molecule has 2 aromatic carbocycles. The Bertz CT molecular complexity index is 1160. The van der Waals surface area contributed by atoms with Crippen molar-refractivity contribution in [1.82, 2.24) is 15.3 Å². The van der Waals surface area contributed by atoms with Crippen LogP contribution < -0.4 is 21.1 Å². The molecule has 31 heavy (non-hydrogen) atoms. The highest BCUT2D eigenvalue weighted by molar-refractivity contribution is 5.95. The Morgan fingerprint density at radius 1 is 1.06 bits per heavy atom. The van der Waals surface area contributed by atoms with Crippen LogP contribution in [-0.2, 0) is 16.1 Å². The summed E-state index contributed by atoms with van der Waals surface area (Å²) in [5.41, 5.74) is 3.27. The zero-order valence-electron chi connectivity index (χ0n) is 18.0. The molecule has 0 aliphatic heterocycles. The predicted molar refractivity (Wildman–Crippen MR) is 120 cm³/mol. The molecule has 0 aliphatic carbocycles. The summed E-state index contributed by atoms with van der Waals surface area (Å²) in [6.07, 6.45) is 0. The van der Waals surface area contributed by atoms with Crippen LogP contribution in [0.5, 0.6) is 0 Å². The van der Waals surface area contributed by atoms with E-state index in [1.165, 1.54) is 0 Å². The van der Waals surface area contributed by atoms with Gasteiger partial charge in [0.1, 0.15) is 6.54 Å². The van der Waals surface area contributed by atoms with Crippen LogP contribution >= 0.6 is 0 Å². The molecule has 0 fully saturated rings. The summed E-state index contributed by atoms with van der Waals surface area (Å²) in [5.74, 6) is 0.0118. The second-order valence-corrected chi connectivity index (χ2v) is 7.56. The number of carbonyl (C=O) groups excluding carboxylic acids is 2. The van der Waals surface area contributed by atoms with E-state index in [0.29, 0.717) is 29.8 Å². The lowest BCUT2D eigenvalue weighted by molar-refractivity contribution is -0.904. The first-order valence-electron chi connectivity index (χ1n) is 10.3. The molecule has 8 heteroatoms. The van der Waals surface area contributed by atoms with Gasteiger partial charge in [-0.25, -0.2) is 4.98 Å². The van der Waals surface area contributed by atoms with E-state index in [1.807, 2.05) is 45.0 Å². The quantitative estimate of drug-likeness (QED) is 0.429. The normalized spacial score (nSPS) is 11.8. The average Bonchev–Trinajstić information content (AvgIpc) is 2.75. The van der Waals surface area contributed by atoms with Crippen molar-refractivity contribution in [3.63, 3.8) is 0 Å². The van der Waals surface area contributed by atoms with Crippen LogP contribution in [0.3, 0.4) is 0 Å². The fourth-order valence-electron chi connectivity index (χ4n) is 3.32. The highest BCUT2D eigenvalue weighted by atomic mass is 16.2. The van der Waals surface area contributed by atoms with Crippen molar-refractivity contribution in [3.8, 4) is 0 Å². The Hall–Kier alpha value is -3.52. The van der Waals surface area contributed by atoms with E-state index in [9.17, 15) is 14.4 Å². The number of quaternary nitrogens is 1. The number of nitrogens with one attached hydrogen (secondary N) is 4. The molecule has 2 amide bonds. The molecule has 0 spiro atoms. The smallest absolute Gasteiger partial charge is 0.275 e. The number of amides is 2. The van der Waals surface area contributed by atoms with Gasteiger partial charge < -0.3 is 20.5 Å².